The third-order valence-corrected chi connectivity index (χ3v) is 7.32. The lowest BCUT2D eigenvalue weighted by Gasteiger charge is -2.12. The maximum absolute atomic E-state index is 13.5. The number of aryl methyl sites for hydroxylation is 2. The maximum Gasteiger partial charge on any atom is 0.268 e. The van der Waals surface area contributed by atoms with Gasteiger partial charge >= 0.3 is 0 Å². The molecule has 2 aromatic carbocycles. The second kappa shape index (κ2) is 9.13. The number of hydrogen-bond acceptors (Lipinski definition) is 5. The van der Waals surface area contributed by atoms with Gasteiger partial charge in [0.15, 0.2) is 11.5 Å². The van der Waals surface area contributed by atoms with Crippen molar-refractivity contribution in [1.29, 1.82) is 0 Å². The molecule has 0 fully saturated rings. The van der Waals surface area contributed by atoms with Crippen molar-refractivity contribution >= 4 is 32.5 Å². The van der Waals surface area contributed by atoms with E-state index in [0.29, 0.717) is 41.0 Å². The number of ether oxygens (including phenoxy) is 3. The van der Waals surface area contributed by atoms with Gasteiger partial charge in [0.2, 0.25) is 0 Å². The summed E-state index contributed by atoms with van der Waals surface area (Å²) in [5, 5.41) is 1.13. The molecule has 0 unspecified atom stereocenters. The van der Waals surface area contributed by atoms with E-state index in [1.807, 2.05) is 36.9 Å². The van der Waals surface area contributed by atoms with Gasteiger partial charge in [-0.15, -0.1) is 0 Å². The van der Waals surface area contributed by atoms with Gasteiger partial charge in [-0.1, -0.05) is 29.3 Å². The van der Waals surface area contributed by atoms with Crippen molar-refractivity contribution in [2.45, 2.75) is 11.8 Å². The molecule has 0 aliphatic heterocycles. The average Bonchev–Trinajstić information content (AvgIpc) is 3.33. The van der Waals surface area contributed by atoms with E-state index in [9.17, 15) is 8.42 Å². The molecule has 4 rings (SSSR count). The smallest absolute Gasteiger partial charge is 0.268 e. The maximum atomic E-state index is 13.5. The minimum Gasteiger partial charge on any atom is -0.493 e. The van der Waals surface area contributed by atoms with Crippen LogP contribution < -0.4 is 9.47 Å². The number of hydrogen-bond donors (Lipinski definition) is 0. The number of aromatic nitrogens is 2. The van der Waals surface area contributed by atoms with Crippen LogP contribution in [0, 0.1) is 6.92 Å². The van der Waals surface area contributed by atoms with Gasteiger partial charge < -0.3 is 18.8 Å². The lowest BCUT2D eigenvalue weighted by Crippen LogP contribution is -2.13. The second-order valence-electron chi connectivity index (χ2n) is 7.67. The molecule has 0 radical (unpaired) electrons. The van der Waals surface area contributed by atoms with Crippen molar-refractivity contribution in [3.8, 4) is 22.8 Å². The lowest BCUT2D eigenvalue weighted by atomic mass is 10.1. The van der Waals surface area contributed by atoms with E-state index >= 15 is 0 Å². The molecular weight excluding hydrogens is 464 g/mol. The molecule has 2 heterocycles. The van der Waals surface area contributed by atoms with Crippen molar-refractivity contribution in [2.75, 3.05) is 27.4 Å². The Labute approximate surface area is 198 Å². The van der Waals surface area contributed by atoms with Crippen LogP contribution in [0.25, 0.3) is 22.2 Å². The van der Waals surface area contributed by atoms with Crippen LogP contribution >= 0.6 is 11.6 Å². The quantitative estimate of drug-likeness (QED) is 0.330. The molecule has 0 saturated carbocycles. The SMILES string of the molecule is COCCOc1cc2c(cc1OC)c(-c1cc(Cl)cn1S(=O)(=O)c1ccc(C)cc1)cn2C. The Balaban J connectivity index is 1.88. The largest absolute Gasteiger partial charge is 0.493 e. The van der Waals surface area contributed by atoms with Gasteiger partial charge in [0.05, 0.1) is 34.8 Å². The van der Waals surface area contributed by atoms with Crippen LogP contribution in [0.5, 0.6) is 11.5 Å². The zero-order chi connectivity index (χ0) is 23.8. The molecule has 0 aliphatic rings. The summed E-state index contributed by atoms with van der Waals surface area (Å²) in [7, 11) is 1.20. The van der Waals surface area contributed by atoms with Crippen molar-refractivity contribution in [1.82, 2.24) is 8.54 Å². The lowest BCUT2D eigenvalue weighted by molar-refractivity contribution is 0.144. The Bertz CT molecular complexity index is 1410. The number of fused-ring (bicyclic) bond motifs is 1. The summed E-state index contributed by atoms with van der Waals surface area (Å²) in [6.45, 7) is 2.73. The minimum absolute atomic E-state index is 0.188. The molecule has 0 atom stereocenters. The topological polar surface area (TPSA) is 71.7 Å². The molecule has 0 bridgehead atoms. The molecule has 7 nitrogen and oxygen atoms in total. The third-order valence-electron chi connectivity index (χ3n) is 5.43. The van der Waals surface area contributed by atoms with Gasteiger partial charge in [-0.3, -0.25) is 0 Å². The van der Waals surface area contributed by atoms with E-state index in [4.69, 9.17) is 25.8 Å². The standard InChI is InChI=1S/C24H25ClN2O5S/c1-16-5-7-18(8-6-16)33(28,29)27-14-17(25)11-22(27)20-15-26(2)21-13-24(32-10-9-30-3)23(31-4)12-19(20)21/h5-8,11-15H,9-10H2,1-4H3. The van der Waals surface area contributed by atoms with Gasteiger partial charge in [0, 0.05) is 43.6 Å². The van der Waals surface area contributed by atoms with Gasteiger partial charge in [-0.25, -0.2) is 12.4 Å². The fourth-order valence-electron chi connectivity index (χ4n) is 3.73. The first-order valence-corrected chi connectivity index (χ1v) is 12.1. The van der Waals surface area contributed by atoms with E-state index in [2.05, 4.69) is 0 Å². The molecule has 0 aliphatic carbocycles. The van der Waals surface area contributed by atoms with E-state index in [-0.39, 0.29) is 4.90 Å². The molecule has 174 valence electrons. The molecular formula is C24H25ClN2O5S. The van der Waals surface area contributed by atoms with Crippen LogP contribution in [0.4, 0.5) is 0 Å². The van der Waals surface area contributed by atoms with E-state index < -0.39 is 10.0 Å². The highest BCUT2D eigenvalue weighted by Crippen LogP contribution is 2.40. The molecule has 2 aromatic heterocycles. The first-order valence-electron chi connectivity index (χ1n) is 10.3. The Hall–Kier alpha value is -2.94. The number of halogens is 1. The highest BCUT2D eigenvalue weighted by Gasteiger charge is 2.24. The summed E-state index contributed by atoms with van der Waals surface area (Å²) in [6.07, 6.45) is 3.29. The van der Waals surface area contributed by atoms with Gasteiger partial charge in [0.25, 0.3) is 10.0 Å². The predicted molar refractivity (Wildman–Crippen MR) is 129 cm³/mol. The summed E-state index contributed by atoms with van der Waals surface area (Å²) in [5.74, 6) is 1.12. The first kappa shape index (κ1) is 23.2. The minimum atomic E-state index is -3.86. The number of methoxy groups -OCH3 is 2. The van der Waals surface area contributed by atoms with Crippen molar-refractivity contribution in [2.24, 2.45) is 7.05 Å². The monoisotopic (exact) mass is 488 g/mol. The van der Waals surface area contributed by atoms with Crippen LogP contribution in [0.2, 0.25) is 5.02 Å². The molecule has 33 heavy (non-hydrogen) atoms. The second-order valence-corrected chi connectivity index (χ2v) is 9.92. The first-order chi connectivity index (χ1) is 15.8. The summed E-state index contributed by atoms with van der Waals surface area (Å²) in [6, 6.07) is 12.1. The fraction of sp³-hybridized carbons (Fsp3) is 0.250. The summed E-state index contributed by atoms with van der Waals surface area (Å²) >= 11 is 6.30. The number of benzene rings is 2. The Morgan fingerprint density at radius 2 is 1.70 bits per heavy atom. The van der Waals surface area contributed by atoms with E-state index in [0.717, 1.165) is 16.5 Å². The number of nitrogens with zero attached hydrogens (tertiary/aromatic N) is 2. The number of rotatable bonds is 8. The predicted octanol–water partition coefficient (Wildman–Crippen LogP) is 4.88. The summed E-state index contributed by atoms with van der Waals surface area (Å²) in [4.78, 5) is 0.188. The third kappa shape index (κ3) is 4.34. The fourth-order valence-corrected chi connectivity index (χ4v) is 5.36. The van der Waals surface area contributed by atoms with Crippen LogP contribution in [-0.2, 0) is 21.8 Å². The van der Waals surface area contributed by atoms with Gasteiger partial charge in [0.1, 0.15) is 6.61 Å². The van der Waals surface area contributed by atoms with Crippen molar-refractivity contribution in [3.05, 3.63) is 65.4 Å². The molecule has 0 N–H and O–H groups in total. The molecule has 9 heteroatoms. The summed E-state index contributed by atoms with van der Waals surface area (Å²) in [5.41, 5.74) is 3.00. The van der Waals surface area contributed by atoms with Crippen molar-refractivity contribution in [3.63, 3.8) is 0 Å². The van der Waals surface area contributed by atoms with E-state index in [1.165, 1.54) is 10.2 Å². The Morgan fingerprint density at radius 1 is 0.970 bits per heavy atom. The molecule has 0 amide bonds. The highest BCUT2D eigenvalue weighted by molar-refractivity contribution is 7.90. The van der Waals surface area contributed by atoms with Gasteiger partial charge in [-0.05, 0) is 31.2 Å². The Morgan fingerprint density at radius 3 is 2.36 bits per heavy atom. The zero-order valence-electron chi connectivity index (χ0n) is 18.8. The summed E-state index contributed by atoms with van der Waals surface area (Å²) < 4.78 is 46.5. The van der Waals surface area contributed by atoms with Crippen LogP contribution in [0.1, 0.15) is 5.56 Å². The normalized spacial score (nSPS) is 11.8. The van der Waals surface area contributed by atoms with E-state index in [1.54, 1.807) is 44.6 Å². The van der Waals surface area contributed by atoms with Crippen LogP contribution in [-0.4, -0.2) is 44.4 Å². The molecule has 0 saturated heterocycles. The van der Waals surface area contributed by atoms with Crippen LogP contribution in [0.3, 0.4) is 0 Å². The average molecular weight is 489 g/mol. The van der Waals surface area contributed by atoms with Crippen LogP contribution in [0.15, 0.2) is 59.8 Å². The van der Waals surface area contributed by atoms with Gasteiger partial charge in [-0.2, -0.15) is 0 Å². The molecule has 0 spiro atoms. The highest BCUT2D eigenvalue weighted by atomic mass is 35.5. The Kier molecular flexibility index (Phi) is 6.43. The molecule has 4 aromatic rings. The zero-order valence-corrected chi connectivity index (χ0v) is 20.4. The van der Waals surface area contributed by atoms with Crippen molar-refractivity contribution < 1.29 is 22.6 Å².